The second-order valence-electron chi connectivity index (χ2n) is 6.81. The Morgan fingerprint density at radius 1 is 1.32 bits per heavy atom. The number of methoxy groups -OCH3 is 1. The van der Waals surface area contributed by atoms with E-state index >= 15 is 0 Å². The van der Waals surface area contributed by atoms with Crippen LogP contribution in [0.1, 0.15) is 17.5 Å². The number of carbonyl (C=O) groups excluding carboxylic acids is 1. The van der Waals surface area contributed by atoms with Crippen LogP contribution in [-0.4, -0.2) is 48.4 Å². The molecule has 0 radical (unpaired) electrons. The molecule has 2 aliphatic heterocycles. The third kappa shape index (κ3) is 3.84. The molecule has 2 bridgehead atoms. The van der Waals surface area contributed by atoms with Crippen LogP contribution in [0.25, 0.3) is 5.57 Å². The predicted molar refractivity (Wildman–Crippen MR) is 105 cm³/mol. The number of rotatable bonds is 4. The molecule has 1 aromatic heterocycles. The molecule has 146 valence electrons. The van der Waals surface area contributed by atoms with E-state index in [0.29, 0.717) is 30.5 Å². The monoisotopic (exact) mass is 400 g/mol. The Labute approximate surface area is 168 Å². The van der Waals surface area contributed by atoms with Crippen LogP contribution in [0, 0.1) is 0 Å². The van der Waals surface area contributed by atoms with Crippen molar-refractivity contribution in [3.05, 3.63) is 64.8 Å². The molecule has 1 amide bonds. The first-order valence-electron chi connectivity index (χ1n) is 9.13. The highest BCUT2D eigenvalue weighted by Crippen LogP contribution is 2.36. The minimum absolute atomic E-state index is 0.0998. The average Bonchev–Trinajstić information content (AvgIpc) is 2.72. The van der Waals surface area contributed by atoms with Crippen LogP contribution in [0.15, 0.2) is 48.7 Å². The highest BCUT2D eigenvalue weighted by Gasteiger charge is 2.39. The molecule has 1 aromatic carbocycles. The van der Waals surface area contributed by atoms with E-state index in [9.17, 15) is 4.79 Å². The molecular formula is C21H21ClN2O4. The summed E-state index contributed by atoms with van der Waals surface area (Å²) in [5.74, 6) is 0.506. The van der Waals surface area contributed by atoms with E-state index in [-0.39, 0.29) is 24.8 Å². The van der Waals surface area contributed by atoms with Gasteiger partial charge < -0.3 is 14.2 Å². The van der Waals surface area contributed by atoms with Crippen LogP contribution >= 0.6 is 11.6 Å². The third-order valence-electron chi connectivity index (χ3n) is 5.00. The zero-order valence-corrected chi connectivity index (χ0v) is 16.3. The lowest BCUT2D eigenvalue weighted by atomic mass is 9.90. The van der Waals surface area contributed by atoms with Crippen molar-refractivity contribution in [3.63, 3.8) is 0 Å². The van der Waals surface area contributed by atoms with E-state index in [1.165, 1.54) is 0 Å². The van der Waals surface area contributed by atoms with Gasteiger partial charge in [0.05, 0.1) is 43.6 Å². The van der Waals surface area contributed by atoms with E-state index in [2.05, 4.69) is 4.98 Å². The van der Waals surface area contributed by atoms with Gasteiger partial charge in [-0.05, 0) is 17.6 Å². The van der Waals surface area contributed by atoms with E-state index in [1.807, 2.05) is 42.5 Å². The Balaban J connectivity index is 1.53. The number of halogens is 1. The summed E-state index contributed by atoms with van der Waals surface area (Å²) in [5, 5.41) is 0.561. The van der Waals surface area contributed by atoms with E-state index in [1.54, 1.807) is 18.2 Å². The van der Waals surface area contributed by atoms with Gasteiger partial charge in [0.2, 0.25) is 5.88 Å². The number of pyridine rings is 1. The minimum atomic E-state index is -0.323. The Morgan fingerprint density at radius 3 is 2.89 bits per heavy atom. The summed E-state index contributed by atoms with van der Waals surface area (Å²) in [6.45, 7) is 1.15. The zero-order chi connectivity index (χ0) is 19.5. The molecule has 1 saturated heterocycles. The number of fused-ring (bicyclic) bond motifs is 2. The molecule has 2 unspecified atom stereocenters. The summed E-state index contributed by atoms with van der Waals surface area (Å²) in [5.41, 5.74) is 2.90. The van der Waals surface area contributed by atoms with Crippen LogP contribution in [0.2, 0.25) is 5.02 Å². The fourth-order valence-corrected chi connectivity index (χ4v) is 3.88. The van der Waals surface area contributed by atoms with E-state index in [0.717, 1.165) is 16.7 Å². The van der Waals surface area contributed by atoms with Crippen molar-refractivity contribution >= 4 is 23.3 Å². The molecule has 7 heteroatoms. The molecule has 0 N–H and O–H groups in total. The Kier molecular flexibility index (Phi) is 5.50. The van der Waals surface area contributed by atoms with Crippen molar-refractivity contribution < 1.29 is 19.0 Å². The van der Waals surface area contributed by atoms with Gasteiger partial charge in [0, 0.05) is 11.6 Å². The van der Waals surface area contributed by atoms with Gasteiger partial charge in [0.15, 0.2) is 0 Å². The van der Waals surface area contributed by atoms with Gasteiger partial charge >= 0.3 is 6.09 Å². The maximum Gasteiger partial charge on any atom is 0.411 e. The number of ether oxygens (including phenoxy) is 3. The molecule has 2 atom stereocenters. The number of hydrogen-bond donors (Lipinski definition) is 0. The molecule has 0 aliphatic carbocycles. The van der Waals surface area contributed by atoms with Gasteiger partial charge in [-0.3, -0.25) is 4.90 Å². The lowest BCUT2D eigenvalue weighted by molar-refractivity contribution is -0.0342. The quantitative estimate of drug-likeness (QED) is 0.778. The average molecular weight is 401 g/mol. The molecule has 2 aliphatic rings. The second-order valence-corrected chi connectivity index (χ2v) is 7.22. The Morgan fingerprint density at radius 2 is 2.14 bits per heavy atom. The minimum Gasteiger partial charge on any atom is -0.481 e. The Hall–Kier alpha value is -2.57. The normalized spacial score (nSPS) is 21.1. The van der Waals surface area contributed by atoms with Crippen molar-refractivity contribution in [2.24, 2.45) is 0 Å². The number of benzene rings is 1. The SMILES string of the molecule is COc1cc(C2=CC3COCC(C2)N3C(=O)OCc2ccccc2)c(Cl)cn1. The number of carbonyl (C=O) groups is 1. The first-order chi connectivity index (χ1) is 13.7. The van der Waals surface area contributed by atoms with E-state index in [4.69, 9.17) is 25.8 Å². The topological polar surface area (TPSA) is 60.9 Å². The number of hydrogen-bond acceptors (Lipinski definition) is 5. The second kappa shape index (κ2) is 8.20. The highest BCUT2D eigenvalue weighted by atomic mass is 35.5. The largest absolute Gasteiger partial charge is 0.481 e. The number of morpholine rings is 1. The lowest BCUT2D eigenvalue weighted by Crippen LogP contribution is -2.56. The predicted octanol–water partition coefficient (Wildman–Crippen LogP) is 3.94. The first-order valence-corrected chi connectivity index (χ1v) is 9.51. The molecule has 0 saturated carbocycles. The van der Waals surface area contributed by atoms with Crippen molar-refractivity contribution in [1.29, 1.82) is 0 Å². The summed E-state index contributed by atoms with van der Waals surface area (Å²) in [4.78, 5) is 18.7. The van der Waals surface area contributed by atoms with Gasteiger partial charge in [-0.25, -0.2) is 9.78 Å². The van der Waals surface area contributed by atoms with Crippen LogP contribution in [0.3, 0.4) is 0 Å². The maximum atomic E-state index is 12.8. The summed E-state index contributed by atoms with van der Waals surface area (Å²) in [7, 11) is 1.57. The van der Waals surface area contributed by atoms with Gasteiger partial charge in [-0.15, -0.1) is 0 Å². The molecule has 28 heavy (non-hydrogen) atoms. The van der Waals surface area contributed by atoms with Crippen molar-refractivity contribution in [2.45, 2.75) is 25.1 Å². The van der Waals surface area contributed by atoms with Crippen molar-refractivity contribution in [3.8, 4) is 5.88 Å². The zero-order valence-electron chi connectivity index (χ0n) is 15.5. The molecule has 6 nitrogen and oxygen atoms in total. The summed E-state index contributed by atoms with van der Waals surface area (Å²) in [6, 6.07) is 11.2. The van der Waals surface area contributed by atoms with Gasteiger partial charge in [-0.2, -0.15) is 0 Å². The van der Waals surface area contributed by atoms with Crippen LogP contribution in [0.5, 0.6) is 5.88 Å². The third-order valence-corrected chi connectivity index (χ3v) is 5.30. The Bertz CT molecular complexity index is 887. The number of amides is 1. The number of aromatic nitrogens is 1. The summed E-state index contributed by atoms with van der Waals surface area (Å²) in [6.07, 6.45) is 3.92. The fourth-order valence-electron chi connectivity index (χ4n) is 3.65. The highest BCUT2D eigenvalue weighted by molar-refractivity contribution is 6.32. The van der Waals surface area contributed by atoms with Crippen molar-refractivity contribution in [2.75, 3.05) is 20.3 Å². The molecule has 0 spiro atoms. The molecule has 3 heterocycles. The van der Waals surface area contributed by atoms with Crippen LogP contribution < -0.4 is 4.74 Å². The summed E-state index contributed by atoms with van der Waals surface area (Å²) < 4.78 is 16.4. The molecule has 1 fully saturated rings. The van der Waals surface area contributed by atoms with Gasteiger partial charge in [-0.1, -0.05) is 48.0 Å². The smallest absolute Gasteiger partial charge is 0.411 e. The molecular weight excluding hydrogens is 380 g/mol. The van der Waals surface area contributed by atoms with Crippen LogP contribution in [0.4, 0.5) is 4.79 Å². The van der Waals surface area contributed by atoms with Crippen LogP contribution in [-0.2, 0) is 16.1 Å². The summed E-state index contributed by atoms with van der Waals surface area (Å²) >= 11 is 6.36. The number of nitrogens with zero attached hydrogens (tertiary/aromatic N) is 2. The van der Waals surface area contributed by atoms with Gasteiger partial charge in [0.25, 0.3) is 0 Å². The lowest BCUT2D eigenvalue weighted by Gasteiger charge is -2.43. The maximum absolute atomic E-state index is 12.8. The first kappa shape index (κ1) is 18.8. The standard InChI is InChI=1S/C21H21ClN2O4/c1-26-20-9-18(19(22)10-23-20)15-7-16-12-27-13-17(8-15)24(16)21(25)28-11-14-5-3-2-4-6-14/h2-7,9-10,16-17H,8,11-13H2,1H3. The van der Waals surface area contributed by atoms with Crippen molar-refractivity contribution in [1.82, 2.24) is 9.88 Å². The van der Waals surface area contributed by atoms with Gasteiger partial charge in [0.1, 0.15) is 6.61 Å². The van der Waals surface area contributed by atoms with E-state index < -0.39 is 0 Å². The molecule has 4 rings (SSSR count). The molecule has 2 aromatic rings. The fraction of sp³-hybridized carbons (Fsp3) is 0.333.